The molecule has 0 bridgehead atoms. The molecular weight excluding hydrogens is 318 g/mol. The number of nitrogens with one attached hydrogen (secondary N) is 3. The zero-order valence-electron chi connectivity index (χ0n) is 13.9. The lowest BCUT2D eigenvalue weighted by Gasteiger charge is -2.22. The molecule has 0 aliphatic carbocycles. The van der Waals surface area contributed by atoms with E-state index in [2.05, 4.69) is 16.2 Å². The molecule has 1 saturated heterocycles. The van der Waals surface area contributed by atoms with Gasteiger partial charge in [-0.3, -0.25) is 20.4 Å². The van der Waals surface area contributed by atoms with Gasteiger partial charge in [-0.2, -0.15) is 0 Å². The molecule has 3 N–H and O–H groups in total. The van der Waals surface area contributed by atoms with Gasteiger partial charge < -0.3 is 10.2 Å². The van der Waals surface area contributed by atoms with Crippen LogP contribution in [0.3, 0.4) is 0 Å². The van der Waals surface area contributed by atoms with Gasteiger partial charge in [0.15, 0.2) is 0 Å². The van der Waals surface area contributed by atoms with Crippen molar-refractivity contribution in [1.29, 1.82) is 0 Å². The van der Waals surface area contributed by atoms with E-state index in [1.807, 2.05) is 13.8 Å². The second-order valence-electron chi connectivity index (χ2n) is 6.19. The molecule has 1 aliphatic rings. The Balaban J connectivity index is 1.87. The maximum absolute atomic E-state index is 13.1. The van der Waals surface area contributed by atoms with E-state index in [1.54, 1.807) is 0 Å². The quantitative estimate of drug-likeness (QED) is 0.754. The molecule has 132 valence electrons. The van der Waals surface area contributed by atoms with Crippen LogP contribution in [0, 0.1) is 17.6 Å². The van der Waals surface area contributed by atoms with Crippen LogP contribution in [0.4, 0.5) is 14.5 Å². The third kappa shape index (κ3) is 4.72. The Morgan fingerprint density at radius 3 is 2.21 bits per heavy atom. The van der Waals surface area contributed by atoms with E-state index < -0.39 is 17.5 Å². The molecule has 0 radical (unpaired) electrons. The molecule has 0 spiro atoms. The highest BCUT2D eigenvalue weighted by molar-refractivity contribution is 5.94. The third-order valence-corrected chi connectivity index (χ3v) is 4.19. The lowest BCUT2D eigenvalue weighted by atomic mass is 9.92. The number of benzene rings is 1. The average molecular weight is 340 g/mol. The number of hydrazine groups is 1. The number of likely N-dealkylation sites (N-methyl/N-ethyl adjacent to an activating group) is 1. The maximum atomic E-state index is 13.1. The maximum Gasteiger partial charge on any atom is 0.243 e. The van der Waals surface area contributed by atoms with Crippen molar-refractivity contribution in [3.8, 4) is 0 Å². The molecule has 0 saturated carbocycles. The minimum Gasteiger partial charge on any atom is -0.336 e. The van der Waals surface area contributed by atoms with E-state index >= 15 is 0 Å². The van der Waals surface area contributed by atoms with Gasteiger partial charge in [-0.25, -0.2) is 8.78 Å². The zero-order valence-corrected chi connectivity index (χ0v) is 13.9. The Labute approximate surface area is 139 Å². The second-order valence-corrected chi connectivity index (χ2v) is 6.19. The number of amides is 2. The number of hydrogen-bond acceptors (Lipinski definition) is 4. The van der Waals surface area contributed by atoms with Crippen molar-refractivity contribution in [3.05, 3.63) is 29.8 Å². The average Bonchev–Trinajstić information content (AvgIpc) is 2.77. The fourth-order valence-electron chi connectivity index (χ4n) is 2.75. The van der Waals surface area contributed by atoms with E-state index in [1.165, 1.54) is 11.9 Å². The number of nitrogens with zero attached hydrogens (tertiary/aromatic N) is 1. The number of halogens is 2. The van der Waals surface area contributed by atoms with Gasteiger partial charge in [0.1, 0.15) is 11.6 Å². The first kappa shape index (κ1) is 18.3. The first-order valence-electron chi connectivity index (χ1n) is 7.77. The zero-order chi connectivity index (χ0) is 17.9. The number of rotatable bonds is 5. The van der Waals surface area contributed by atoms with E-state index in [9.17, 15) is 18.4 Å². The van der Waals surface area contributed by atoms with Crippen molar-refractivity contribution in [2.24, 2.45) is 5.92 Å². The molecule has 2 amide bonds. The summed E-state index contributed by atoms with van der Waals surface area (Å²) in [6.45, 7) is 3.78. The summed E-state index contributed by atoms with van der Waals surface area (Å²) in [7, 11) is 1.53. The molecular formula is C16H22F2N4O2. The summed E-state index contributed by atoms with van der Waals surface area (Å²) in [5.41, 5.74) is 6.17. The van der Waals surface area contributed by atoms with Crippen LogP contribution in [-0.2, 0) is 9.59 Å². The Kier molecular flexibility index (Phi) is 5.84. The van der Waals surface area contributed by atoms with Crippen LogP contribution in [0.1, 0.15) is 20.3 Å². The number of carbonyl (C=O) groups excluding carboxylic acids is 2. The Morgan fingerprint density at radius 1 is 1.12 bits per heavy atom. The highest BCUT2D eigenvalue weighted by Gasteiger charge is 2.32. The Hall–Kier alpha value is -2.06. The largest absolute Gasteiger partial charge is 0.336 e. The Bertz CT molecular complexity index is 596. The standard InChI is InChI=1S/C16H22F2N4O2/c1-9-14(10(2)21-20-9)7-16(24)22(3)8-15(23)19-13-5-11(17)4-12(18)6-13/h4-6,9-10,14,20-21H,7-8H2,1-3H3,(H,19,23). The van der Waals surface area contributed by atoms with Crippen LogP contribution in [0.5, 0.6) is 0 Å². The summed E-state index contributed by atoms with van der Waals surface area (Å²) in [5, 5.41) is 2.38. The van der Waals surface area contributed by atoms with Gasteiger partial charge in [0.2, 0.25) is 11.8 Å². The van der Waals surface area contributed by atoms with Crippen molar-refractivity contribution >= 4 is 17.5 Å². The third-order valence-electron chi connectivity index (χ3n) is 4.19. The minimum absolute atomic E-state index is 0.0183. The minimum atomic E-state index is -0.779. The Morgan fingerprint density at radius 2 is 1.67 bits per heavy atom. The molecule has 2 rings (SSSR count). The van der Waals surface area contributed by atoms with Crippen LogP contribution in [0.2, 0.25) is 0 Å². The smallest absolute Gasteiger partial charge is 0.243 e. The second kappa shape index (κ2) is 7.67. The van der Waals surface area contributed by atoms with Crippen LogP contribution in [0.25, 0.3) is 0 Å². The lowest BCUT2D eigenvalue weighted by molar-refractivity contribution is -0.134. The molecule has 24 heavy (non-hydrogen) atoms. The lowest BCUT2D eigenvalue weighted by Crippen LogP contribution is -2.38. The molecule has 2 atom stereocenters. The normalized spacial score (nSPS) is 23.1. The van der Waals surface area contributed by atoms with Crippen molar-refractivity contribution in [3.63, 3.8) is 0 Å². The number of anilines is 1. The van der Waals surface area contributed by atoms with Crippen LogP contribution < -0.4 is 16.2 Å². The fraction of sp³-hybridized carbons (Fsp3) is 0.500. The van der Waals surface area contributed by atoms with Gasteiger partial charge in [-0.1, -0.05) is 0 Å². The highest BCUT2D eigenvalue weighted by Crippen LogP contribution is 2.19. The van der Waals surface area contributed by atoms with E-state index in [0.29, 0.717) is 6.42 Å². The summed E-state index contributed by atoms with van der Waals surface area (Å²) in [5.74, 6) is -2.11. The molecule has 1 aromatic rings. The number of hydrogen-bond donors (Lipinski definition) is 3. The van der Waals surface area contributed by atoms with Gasteiger partial charge in [-0.05, 0) is 26.0 Å². The molecule has 8 heteroatoms. The summed E-state index contributed by atoms with van der Waals surface area (Å²) in [6, 6.07) is 3.06. The van der Waals surface area contributed by atoms with Crippen LogP contribution >= 0.6 is 0 Å². The summed E-state index contributed by atoms with van der Waals surface area (Å²) >= 11 is 0. The van der Waals surface area contributed by atoms with Crippen molar-refractivity contribution in [2.45, 2.75) is 32.4 Å². The highest BCUT2D eigenvalue weighted by atomic mass is 19.1. The van der Waals surface area contributed by atoms with Gasteiger partial charge in [0.05, 0.1) is 6.54 Å². The molecule has 6 nitrogen and oxygen atoms in total. The predicted octanol–water partition coefficient (Wildman–Crippen LogP) is 1.25. The summed E-state index contributed by atoms with van der Waals surface area (Å²) in [6.07, 6.45) is 0.306. The van der Waals surface area contributed by atoms with Crippen molar-refractivity contribution in [2.75, 3.05) is 18.9 Å². The topological polar surface area (TPSA) is 73.5 Å². The SMILES string of the molecule is CC1NNC(C)C1CC(=O)N(C)CC(=O)Nc1cc(F)cc(F)c1. The molecule has 1 aliphatic heterocycles. The monoisotopic (exact) mass is 340 g/mol. The summed E-state index contributed by atoms with van der Waals surface area (Å²) < 4.78 is 26.2. The molecule has 0 aromatic heterocycles. The van der Waals surface area contributed by atoms with Gasteiger partial charge in [0.25, 0.3) is 0 Å². The van der Waals surface area contributed by atoms with Gasteiger partial charge >= 0.3 is 0 Å². The van der Waals surface area contributed by atoms with Crippen LogP contribution in [0.15, 0.2) is 18.2 Å². The van der Waals surface area contributed by atoms with Gasteiger partial charge in [0, 0.05) is 43.2 Å². The predicted molar refractivity (Wildman–Crippen MR) is 85.9 cm³/mol. The first-order chi connectivity index (χ1) is 11.3. The van der Waals surface area contributed by atoms with Crippen molar-refractivity contribution in [1.82, 2.24) is 15.8 Å². The molecule has 1 aromatic carbocycles. The van der Waals surface area contributed by atoms with Gasteiger partial charge in [-0.15, -0.1) is 0 Å². The van der Waals surface area contributed by atoms with E-state index in [0.717, 1.165) is 18.2 Å². The first-order valence-corrected chi connectivity index (χ1v) is 7.77. The molecule has 1 fully saturated rings. The summed E-state index contributed by atoms with van der Waals surface area (Å²) in [4.78, 5) is 25.5. The van der Waals surface area contributed by atoms with E-state index in [4.69, 9.17) is 0 Å². The van der Waals surface area contributed by atoms with E-state index in [-0.39, 0.29) is 36.1 Å². The van der Waals surface area contributed by atoms with Crippen LogP contribution in [-0.4, -0.2) is 42.4 Å². The molecule has 2 unspecified atom stereocenters. The fourth-order valence-corrected chi connectivity index (χ4v) is 2.75. The number of carbonyl (C=O) groups is 2. The molecule has 1 heterocycles. The van der Waals surface area contributed by atoms with Crippen molar-refractivity contribution < 1.29 is 18.4 Å².